The van der Waals surface area contributed by atoms with E-state index in [1.165, 1.54) is 0 Å². The van der Waals surface area contributed by atoms with E-state index in [1.807, 2.05) is 85.1 Å². The lowest BCUT2D eigenvalue weighted by atomic mass is 9.82. The van der Waals surface area contributed by atoms with Crippen molar-refractivity contribution in [3.05, 3.63) is 120 Å². The first-order chi connectivity index (χ1) is 25.5. The molecule has 0 bridgehead atoms. The fourth-order valence-electron chi connectivity index (χ4n) is 8.58. The number of para-hydroxylation sites is 1. The van der Waals surface area contributed by atoms with E-state index < -0.39 is 19.8 Å². The lowest BCUT2D eigenvalue weighted by Gasteiger charge is -2.37. The molecule has 0 radical (unpaired) electrons. The monoisotopic (exact) mass is 730 g/mol. The van der Waals surface area contributed by atoms with Gasteiger partial charge < -0.3 is 35.1 Å². The van der Waals surface area contributed by atoms with Crippen molar-refractivity contribution in [2.24, 2.45) is 5.92 Å². The summed E-state index contributed by atoms with van der Waals surface area (Å²) in [5.41, 5.74) is 3.09. The van der Waals surface area contributed by atoms with Crippen LogP contribution >= 0.6 is 0 Å². The zero-order valence-corrected chi connectivity index (χ0v) is 31.5. The average Bonchev–Trinajstić information content (AvgIpc) is 3.79. The standard InChI is InChI=1S/C42H46N4O6Si/c1-27-40(53(3,4)32-17-15-31(51-2)16-18-32)37(24-39(49)46(20-21-47)26-28-10-6-5-7-11-28)52-42(27)34-23-30(14-19-36(34)45-41(42)50)44-38(48)22-29-25-43-35-13-9-8-12-33(29)35/h5-19,23,25,27,37,40,43,47H,20-22,24,26H2,1-4H3,(H,44,48)(H,45,50)/t27-,37+,40-,42+/m0/s1. The Morgan fingerprint density at radius 2 is 1.74 bits per heavy atom. The number of hydrogen-bond donors (Lipinski definition) is 4. The number of aliphatic hydroxyl groups excluding tert-OH is 1. The number of carbonyl (C=O) groups excluding carboxylic acids is 3. The maximum atomic E-state index is 14.3. The molecular weight excluding hydrogens is 685 g/mol. The fourth-order valence-corrected chi connectivity index (χ4v) is 12.6. The first-order valence-corrected chi connectivity index (χ1v) is 21.2. The van der Waals surface area contributed by atoms with Crippen molar-refractivity contribution < 1.29 is 29.0 Å². The number of amides is 3. The molecule has 0 saturated carbocycles. The van der Waals surface area contributed by atoms with E-state index in [0.717, 1.165) is 33.0 Å². The number of aliphatic hydroxyl groups is 1. The second kappa shape index (κ2) is 14.7. The highest BCUT2D eigenvalue weighted by Crippen LogP contribution is 2.59. The summed E-state index contributed by atoms with van der Waals surface area (Å²) in [6.07, 6.45) is 1.48. The highest BCUT2D eigenvalue weighted by molar-refractivity contribution is 6.91. The molecule has 4 aromatic carbocycles. The minimum absolute atomic E-state index is 0.0415. The number of nitrogens with one attached hydrogen (secondary N) is 3. The topological polar surface area (TPSA) is 133 Å². The normalized spacial score (nSPS) is 20.7. The van der Waals surface area contributed by atoms with Gasteiger partial charge in [-0.05, 0) is 53.1 Å². The molecule has 4 N–H and O–H groups in total. The summed E-state index contributed by atoms with van der Waals surface area (Å²) in [6, 6.07) is 31.1. The quantitative estimate of drug-likeness (QED) is 0.118. The van der Waals surface area contributed by atoms with Gasteiger partial charge in [0, 0.05) is 53.0 Å². The molecule has 53 heavy (non-hydrogen) atoms. The lowest BCUT2D eigenvalue weighted by Crippen LogP contribution is -2.52. The van der Waals surface area contributed by atoms with Gasteiger partial charge in [-0.1, -0.05) is 85.9 Å². The Kier molecular flexibility index (Phi) is 9.99. The summed E-state index contributed by atoms with van der Waals surface area (Å²) < 4.78 is 12.5. The van der Waals surface area contributed by atoms with Gasteiger partial charge >= 0.3 is 0 Å². The molecule has 274 valence electrons. The number of aromatic amines is 1. The maximum absolute atomic E-state index is 14.3. The summed E-state index contributed by atoms with van der Waals surface area (Å²) in [5, 5.41) is 18.2. The van der Waals surface area contributed by atoms with E-state index in [9.17, 15) is 19.5 Å². The molecule has 4 atom stereocenters. The smallest absolute Gasteiger partial charge is 0.261 e. The SMILES string of the molecule is COc1ccc([Si](C)(C)[C@@H]2[C@@H](CC(=O)N(CCO)Cc3ccccc3)O[C@]3(C(=O)Nc4ccc(NC(=O)Cc5c[nH]c6ccccc56)cc43)[C@H]2C)cc1. The number of fused-ring (bicyclic) bond motifs is 3. The summed E-state index contributed by atoms with van der Waals surface area (Å²) in [4.78, 5) is 46.7. The Labute approximate surface area is 310 Å². The van der Waals surface area contributed by atoms with Crippen molar-refractivity contribution in [1.29, 1.82) is 0 Å². The lowest BCUT2D eigenvalue weighted by molar-refractivity contribution is -0.148. The zero-order chi connectivity index (χ0) is 37.3. The fraction of sp³-hybridized carbons (Fsp3) is 0.310. The second-order valence-electron chi connectivity index (χ2n) is 14.7. The van der Waals surface area contributed by atoms with Crippen molar-refractivity contribution in [3.63, 3.8) is 0 Å². The van der Waals surface area contributed by atoms with Crippen molar-refractivity contribution in [2.45, 2.75) is 56.7 Å². The van der Waals surface area contributed by atoms with Crippen molar-refractivity contribution in [1.82, 2.24) is 9.88 Å². The summed E-state index contributed by atoms with van der Waals surface area (Å²) >= 11 is 0. The highest BCUT2D eigenvalue weighted by atomic mass is 28.3. The van der Waals surface area contributed by atoms with Gasteiger partial charge in [-0.2, -0.15) is 0 Å². The van der Waals surface area contributed by atoms with Crippen LogP contribution in [0.3, 0.4) is 0 Å². The van der Waals surface area contributed by atoms with Gasteiger partial charge in [0.25, 0.3) is 5.91 Å². The third-order valence-electron chi connectivity index (χ3n) is 11.2. The van der Waals surface area contributed by atoms with Crippen LogP contribution in [0, 0.1) is 5.92 Å². The molecule has 0 unspecified atom stereocenters. The van der Waals surface area contributed by atoms with E-state index in [2.05, 4.69) is 47.8 Å². The Morgan fingerprint density at radius 3 is 2.47 bits per heavy atom. The number of rotatable bonds is 12. The molecule has 1 aromatic heterocycles. The van der Waals surface area contributed by atoms with Crippen LogP contribution in [-0.4, -0.2) is 67.2 Å². The average molecular weight is 731 g/mol. The third-order valence-corrected chi connectivity index (χ3v) is 15.6. The van der Waals surface area contributed by atoms with Gasteiger partial charge in [-0.25, -0.2) is 0 Å². The van der Waals surface area contributed by atoms with Crippen LogP contribution in [0.15, 0.2) is 103 Å². The van der Waals surface area contributed by atoms with Gasteiger partial charge in [-0.3, -0.25) is 14.4 Å². The van der Waals surface area contributed by atoms with Crippen LogP contribution in [-0.2, 0) is 37.7 Å². The molecule has 1 fully saturated rings. The minimum Gasteiger partial charge on any atom is -0.497 e. The summed E-state index contributed by atoms with van der Waals surface area (Å²) in [6.45, 7) is 6.93. The molecule has 3 amide bonds. The van der Waals surface area contributed by atoms with E-state index in [-0.39, 0.29) is 55.2 Å². The third kappa shape index (κ3) is 6.76. The molecule has 10 nitrogen and oxygen atoms in total. The first kappa shape index (κ1) is 36.1. The minimum atomic E-state index is -2.50. The van der Waals surface area contributed by atoms with E-state index in [0.29, 0.717) is 23.5 Å². The summed E-state index contributed by atoms with van der Waals surface area (Å²) in [5.74, 6) is -0.195. The van der Waals surface area contributed by atoms with Gasteiger partial charge in [0.05, 0.1) is 40.7 Å². The Bertz CT molecular complexity index is 2130. The molecule has 3 heterocycles. The number of anilines is 2. The predicted molar refractivity (Wildman–Crippen MR) is 209 cm³/mol. The molecule has 0 aliphatic carbocycles. The van der Waals surface area contributed by atoms with Crippen LogP contribution < -0.4 is 20.6 Å². The van der Waals surface area contributed by atoms with Crippen molar-refractivity contribution >= 4 is 53.3 Å². The van der Waals surface area contributed by atoms with Gasteiger partial charge in [0.15, 0.2) is 5.60 Å². The number of methoxy groups -OCH3 is 1. The first-order valence-electron chi connectivity index (χ1n) is 18.1. The number of H-pyrrole nitrogens is 1. The van der Waals surface area contributed by atoms with Gasteiger partial charge in [0.1, 0.15) is 5.75 Å². The Hall–Kier alpha value is -5.23. The highest BCUT2D eigenvalue weighted by Gasteiger charge is 2.65. The number of nitrogens with zero attached hydrogens (tertiary/aromatic N) is 1. The zero-order valence-electron chi connectivity index (χ0n) is 30.5. The number of benzene rings is 4. The van der Waals surface area contributed by atoms with Crippen LogP contribution in [0.1, 0.15) is 30.0 Å². The van der Waals surface area contributed by atoms with E-state index in [1.54, 1.807) is 18.1 Å². The van der Waals surface area contributed by atoms with Crippen LogP contribution in [0.4, 0.5) is 11.4 Å². The van der Waals surface area contributed by atoms with E-state index >= 15 is 0 Å². The largest absolute Gasteiger partial charge is 0.497 e. The molecule has 1 spiro atoms. The molecule has 11 heteroatoms. The van der Waals surface area contributed by atoms with Crippen LogP contribution in [0.25, 0.3) is 10.9 Å². The predicted octanol–water partition coefficient (Wildman–Crippen LogP) is 5.94. The molecule has 7 rings (SSSR count). The van der Waals surface area contributed by atoms with Gasteiger partial charge in [0.2, 0.25) is 11.8 Å². The Balaban J connectivity index is 1.22. The van der Waals surface area contributed by atoms with Crippen molar-refractivity contribution in [2.75, 3.05) is 30.9 Å². The van der Waals surface area contributed by atoms with Gasteiger partial charge in [-0.15, -0.1) is 0 Å². The van der Waals surface area contributed by atoms with Crippen LogP contribution in [0.5, 0.6) is 5.75 Å². The van der Waals surface area contributed by atoms with E-state index in [4.69, 9.17) is 9.47 Å². The maximum Gasteiger partial charge on any atom is 0.261 e. The van der Waals surface area contributed by atoms with Crippen LogP contribution in [0.2, 0.25) is 18.6 Å². The second-order valence-corrected chi connectivity index (χ2v) is 19.4. The number of hydrogen-bond acceptors (Lipinski definition) is 6. The molecule has 1 saturated heterocycles. The molecular formula is C42H46N4O6Si. The molecule has 5 aromatic rings. The van der Waals surface area contributed by atoms with Crippen molar-refractivity contribution in [3.8, 4) is 5.75 Å². The Morgan fingerprint density at radius 1 is 1.00 bits per heavy atom. The summed E-state index contributed by atoms with van der Waals surface area (Å²) in [7, 11) is -0.862. The number of carbonyl (C=O) groups is 3. The molecule has 2 aliphatic rings. The number of ether oxygens (including phenoxy) is 2. The number of aromatic nitrogens is 1. The molecule has 2 aliphatic heterocycles.